The van der Waals surface area contributed by atoms with Crippen LogP contribution in [0.3, 0.4) is 0 Å². The highest BCUT2D eigenvalue weighted by Gasteiger charge is 2.33. The van der Waals surface area contributed by atoms with E-state index in [2.05, 4.69) is 30.9 Å². The Hall–Kier alpha value is -1.46. The number of hydrogen-bond acceptors (Lipinski definition) is 5. The van der Waals surface area contributed by atoms with Crippen LogP contribution in [0, 0.1) is 5.41 Å². The third-order valence-corrected chi connectivity index (χ3v) is 4.69. The minimum absolute atomic E-state index is 0.149. The molecule has 2 aliphatic rings. The summed E-state index contributed by atoms with van der Waals surface area (Å²) < 4.78 is 16.8. The summed E-state index contributed by atoms with van der Waals surface area (Å²) >= 11 is 0. The summed E-state index contributed by atoms with van der Waals surface area (Å²) in [6.45, 7) is 8.56. The number of ether oxygens (including phenoxy) is 3. The first-order chi connectivity index (χ1) is 10.5. The molecule has 0 bridgehead atoms. The topological polar surface area (TPSA) is 57.0 Å². The highest BCUT2D eigenvalue weighted by Crippen LogP contribution is 2.41. The Morgan fingerprint density at radius 2 is 2.09 bits per heavy atom. The van der Waals surface area contributed by atoms with Crippen molar-refractivity contribution in [1.29, 1.82) is 0 Å². The molecule has 5 nitrogen and oxygen atoms in total. The van der Waals surface area contributed by atoms with E-state index in [-0.39, 0.29) is 11.5 Å². The van der Waals surface area contributed by atoms with E-state index in [4.69, 9.17) is 19.9 Å². The van der Waals surface area contributed by atoms with Gasteiger partial charge in [0.25, 0.3) is 0 Å². The molecule has 1 fully saturated rings. The van der Waals surface area contributed by atoms with Crippen LogP contribution in [0.25, 0.3) is 0 Å². The van der Waals surface area contributed by atoms with Crippen molar-refractivity contribution in [2.24, 2.45) is 11.1 Å². The normalized spacial score (nSPS) is 24.1. The molecule has 2 aliphatic heterocycles. The van der Waals surface area contributed by atoms with Crippen molar-refractivity contribution in [3.8, 4) is 17.2 Å². The Balaban J connectivity index is 1.78. The van der Waals surface area contributed by atoms with Gasteiger partial charge >= 0.3 is 0 Å². The van der Waals surface area contributed by atoms with Crippen LogP contribution in [0.4, 0.5) is 0 Å². The summed E-state index contributed by atoms with van der Waals surface area (Å²) in [6.07, 6.45) is 1.04. The van der Waals surface area contributed by atoms with Crippen molar-refractivity contribution in [2.75, 3.05) is 33.4 Å². The van der Waals surface area contributed by atoms with Gasteiger partial charge in [0.05, 0.1) is 7.11 Å². The third-order valence-electron chi connectivity index (χ3n) is 4.69. The summed E-state index contributed by atoms with van der Waals surface area (Å²) in [7, 11) is 1.67. The van der Waals surface area contributed by atoms with Gasteiger partial charge in [-0.05, 0) is 29.5 Å². The molecular formula is C17H26N2O3. The van der Waals surface area contributed by atoms with Crippen LogP contribution in [0.15, 0.2) is 12.1 Å². The smallest absolute Gasteiger partial charge is 0.203 e. The molecule has 0 spiro atoms. The number of rotatable bonds is 3. The molecule has 5 heteroatoms. The van der Waals surface area contributed by atoms with Gasteiger partial charge in [-0.25, -0.2) is 0 Å². The molecule has 122 valence electrons. The van der Waals surface area contributed by atoms with Gasteiger partial charge in [-0.15, -0.1) is 0 Å². The van der Waals surface area contributed by atoms with Crippen molar-refractivity contribution in [3.63, 3.8) is 0 Å². The number of fused-ring (bicyclic) bond motifs is 1. The van der Waals surface area contributed by atoms with Crippen molar-refractivity contribution < 1.29 is 14.2 Å². The van der Waals surface area contributed by atoms with Gasteiger partial charge in [-0.3, -0.25) is 4.90 Å². The number of likely N-dealkylation sites (tertiary alicyclic amines) is 1. The van der Waals surface area contributed by atoms with E-state index >= 15 is 0 Å². The first-order valence-corrected chi connectivity index (χ1v) is 7.94. The number of benzene rings is 1. The lowest BCUT2D eigenvalue weighted by Crippen LogP contribution is -2.52. The Morgan fingerprint density at radius 3 is 2.82 bits per heavy atom. The highest BCUT2D eigenvalue weighted by atomic mass is 16.6. The average Bonchev–Trinajstić information content (AvgIpc) is 2.50. The summed E-state index contributed by atoms with van der Waals surface area (Å²) in [5, 5.41) is 0. The van der Waals surface area contributed by atoms with Gasteiger partial charge in [0.2, 0.25) is 5.75 Å². The standard InChI is InChI=1S/C17H26N2O3/c1-17(2)11-19(5-4-15(17)18)10-12-8-13(20-3)16-14(9-12)21-6-7-22-16/h8-9,15H,4-7,10-11,18H2,1-3H3. The van der Waals surface area contributed by atoms with E-state index in [0.29, 0.717) is 13.2 Å². The van der Waals surface area contributed by atoms with Gasteiger partial charge < -0.3 is 19.9 Å². The summed E-state index contributed by atoms with van der Waals surface area (Å²) in [5.74, 6) is 2.26. The largest absolute Gasteiger partial charge is 0.493 e. The maximum atomic E-state index is 6.22. The molecule has 2 N–H and O–H groups in total. The van der Waals surface area contributed by atoms with Crippen LogP contribution < -0.4 is 19.9 Å². The van der Waals surface area contributed by atoms with E-state index in [1.54, 1.807) is 7.11 Å². The molecule has 1 aromatic carbocycles. The van der Waals surface area contributed by atoms with Crippen molar-refractivity contribution in [2.45, 2.75) is 32.9 Å². The van der Waals surface area contributed by atoms with Gasteiger partial charge in [-0.1, -0.05) is 13.8 Å². The monoisotopic (exact) mass is 306 g/mol. The SMILES string of the molecule is COc1cc(CN2CCC(N)C(C)(C)C2)cc2c1OCCO2. The zero-order chi connectivity index (χ0) is 15.7. The Labute approximate surface area is 132 Å². The summed E-state index contributed by atoms with van der Waals surface area (Å²) in [5.41, 5.74) is 7.56. The van der Waals surface area contributed by atoms with Gasteiger partial charge in [0.1, 0.15) is 13.2 Å². The van der Waals surface area contributed by atoms with E-state index in [0.717, 1.165) is 43.3 Å². The van der Waals surface area contributed by atoms with Crippen LogP contribution in [-0.4, -0.2) is 44.4 Å². The second-order valence-corrected chi connectivity index (χ2v) is 6.92. The molecule has 0 radical (unpaired) electrons. The zero-order valence-corrected chi connectivity index (χ0v) is 13.7. The van der Waals surface area contributed by atoms with E-state index in [1.165, 1.54) is 5.56 Å². The summed E-state index contributed by atoms with van der Waals surface area (Å²) in [6, 6.07) is 4.40. The number of hydrogen-bond donors (Lipinski definition) is 1. The van der Waals surface area contributed by atoms with Crippen LogP contribution in [0.2, 0.25) is 0 Å². The fourth-order valence-corrected chi connectivity index (χ4v) is 3.30. The minimum atomic E-state index is 0.149. The van der Waals surface area contributed by atoms with Crippen molar-refractivity contribution in [3.05, 3.63) is 17.7 Å². The quantitative estimate of drug-likeness (QED) is 0.926. The van der Waals surface area contributed by atoms with Crippen LogP contribution >= 0.6 is 0 Å². The molecule has 1 atom stereocenters. The molecule has 1 unspecified atom stereocenters. The molecule has 0 amide bonds. The highest BCUT2D eigenvalue weighted by molar-refractivity contribution is 5.54. The van der Waals surface area contributed by atoms with Crippen LogP contribution in [-0.2, 0) is 6.54 Å². The minimum Gasteiger partial charge on any atom is -0.493 e. The molecule has 0 aliphatic carbocycles. The summed E-state index contributed by atoms with van der Waals surface area (Å²) in [4.78, 5) is 2.45. The molecule has 1 aromatic rings. The third kappa shape index (κ3) is 3.01. The number of nitrogens with zero attached hydrogens (tertiary/aromatic N) is 1. The molecule has 0 saturated carbocycles. The molecule has 3 rings (SSSR count). The van der Waals surface area contributed by atoms with E-state index in [9.17, 15) is 0 Å². The average molecular weight is 306 g/mol. The second-order valence-electron chi connectivity index (χ2n) is 6.92. The number of piperidine rings is 1. The number of nitrogens with two attached hydrogens (primary N) is 1. The molecule has 2 heterocycles. The number of methoxy groups -OCH3 is 1. The lowest BCUT2D eigenvalue weighted by molar-refractivity contribution is 0.0895. The molecular weight excluding hydrogens is 280 g/mol. The maximum absolute atomic E-state index is 6.22. The predicted molar refractivity (Wildman–Crippen MR) is 85.6 cm³/mol. The lowest BCUT2D eigenvalue weighted by atomic mass is 9.79. The molecule has 1 saturated heterocycles. The molecule has 0 aromatic heterocycles. The van der Waals surface area contributed by atoms with Crippen LogP contribution in [0.5, 0.6) is 17.2 Å². The van der Waals surface area contributed by atoms with Gasteiger partial charge in [0.15, 0.2) is 11.5 Å². The van der Waals surface area contributed by atoms with Crippen molar-refractivity contribution in [1.82, 2.24) is 4.90 Å². The van der Waals surface area contributed by atoms with Crippen LogP contribution in [0.1, 0.15) is 25.8 Å². The maximum Gasteiger partial charge on any atom is 0.203 e. The fraction of sp³-hybridized carbons (Fsp3) is 0.647. The first-order valence-electron chi connectivity index (χ1n) is 7.94. The zero-order valence-electron chi connectivity index (χ0n) is 13.7. The lowest BCUT2D eigenvalue weighted by Gasteiger charge is -2.42. The Kier molecular flexibility index (Phi) is 4.19. The van der Waals surface area contributed by atoms with Gasteiger partial charge in [0, 0.05) is 25.7 Å². The molecule has 22 heavy (non-hydrogen) atoms. The first kappa shape index (κ1) is 15.4. The Bertz CT molecular complexity index is 528. The van der Waals surface area contributed by atoms with Crippen molar-refractivity contribution >= 4 is 0 Å². The van der Waals surface area contributed by atoms with Gasteiger partial charge in [-0.2, -0.15) is 0 Å². The van der Waals surface area contributed by atoms with E-state index in [1.807, 2.05) is 0 Å². The predicted octanol–water partition coefficient (Wildman–Crippen LogP) is 2.03. The van der Waals surface area contributed by atoms with E-state index < -0.39 is 0 Å². The fourth-order valence-electron chi connectivity index (χ4n) is 3.30. The Morgan fingerprint density at radius 1 is 1.32 bits per heavy atom. The second kappa shape index (κ2) is 5.97.